The highest BCUT2D eigenvalue weighted by Gasteiger charge is 2.16. The van der Waals surface area contributed by atoms with Crippen LogP contribution in [-0.2, 0) is 11.2 Å². The largest absolute Gasteiger partial charge is 0.399 e. The van der Waals surface area contributed by atoms with Gasteiger partial charge < -0.3 is 11.1 Å². The van der Waals surface area contributed by atoms with Crippen LogP contribution in [-0.4, -0.2) is 10.8 Å². The first-order valence-electron chi connectivity index (χ1n) is 7.88. The fraction of sp³-hybridized carbons (Fsp3) is 0.278. The molecular formula is C18H21N3O3. The number of amides is 1. The first kappa shape index (κ1) is 17.5. The lowest BCUT2D eigenvalue weighted by atomic mass is 10.0. The molecule has 6 nitrogen and oxygen atoms in total. The number of nitrogen functional groups attached to an aromatic ring is 1. The molecule has 1 atom stereocenters. The van der Waals surface area contributed by atoms with Crippen molar-refractivity contribution in [3.05, 3.63) is 69.8 Å². The number of nitro groups is 1. The van der Waals surface area contributed by atoms with Crippen LogP contribution >= 0.6 is 0 Å². The van der Waals surface area contributed by atoms with Crippen molar-refractivity contribution < 1.29 is 9.72 Å². The maximum Gasteiger partial charge on any atom is 0.269 e. The number of carbonyl (C=O) groups is 1. The predicted molar refractivity (Wildman–Crippen MR) is 93.4 cm³/mol. The van der Waals surface area contributed by atoms with Gasteiger partial charge in [-0.2, -0.15) is 0 Å². The summed E-state index contributed by atoms with van der Waals surface area (Å²) in [6.07, 6.45) is 1.53. The summed E-state index contributed by atoms with van der Waals surface area (Å²) in [5, 5.41) is 13.8. The third kappa shape index (κ3) is 4.55. The number of benzene rings is 2. The second-order valence-electron chi connectivity index (χ2n) is 5.58. The van der Waals surface area contributed by atoms with Crippen molar-refractivity contribution >= 4 is 17.3 Å². The summed E-state index contributed by atoms with van der Waals surface area (Å²) in [5.74, 6) is -0.100. The quantitative estimate of drug-likeness (QED) is 0.462. The Balaban J connectivity index is 1.99. The third-order valence-electron chi connectivity index (χ3n) is 3.90. The summed E-state index contributed by atoms with van der Waals surface area (Å²) >= 11 is 0. The van der Waals surface area contributed by atoms with Gasteiger partial charge in [0.05, 0.1) is 11.0 Å². The lowest BCUT2D eigenvalue weighted by molar-refractivity contribution is -0.384. The molecule has 0 aliphatic heterocycles. The minimum atomic E-state index is -0.434. The standard InChI is InChI=1S/C18H21N3O3/c1-2-17(14-7-5-8-15(12-14)21(23)24)20-18(22)11-10-13-6-3-4-9-16(13)19/h3-9,12,17H,2,10-11,19H2,1H3,(H,20,22). The van der Waals surface area contributed by atoms with E-state index in [1.807, 2.05) is 31.2 Å². The predicted octanol–water partition coefficient (Wildman–Crippen LogP) is 3.38. The SMILES string of the molecule is CCC(NC(=O)CCc1ccccc1N)c1cccc([N+](=O)[O-])c1. The van der Waals surface area contributed by atoms with Gasteiger partial charge in [0.1, 0.15) is 0 Å². The molecule has 3 N–H and O–H groups in total. The number of non-ortho nitro benzene ring substituents is 1. The minimum absolute atomic E-state index is 0.0252. The fourth-order valence-electron chi connectivity index (χ4n) is 2.55. The molecule has 0 saturated heterocycles. The first-order valence-corrected chi connectivity index (χ1v) is 7.88. The Labute approximate surface area is 140 Å². The van der Waals surface area contributed by atoms with Crippen molar-refractivity contribution in [2.24, 2.45) is 0 Å². The molecule has 0 aliphatic rings. The summed E-state index contributed by atoms with van der Waals surface area (Å²) in [5.41, 5.74) is 8.25. The molecule has 6 heteroatoms. The van der Waals surface area contributed by atoms with E-state index in [1.165, 1.54) is 12.1 Å². The van der Waals surface area contributed by atoms with Gasteiger partial charge in [0.2, 0.25) is 5.91 Å². The average Bonchev–Trinajstić information content (AvgIpc) is 2.59. The van der Waals surface area contributed by atoms with E-state index in [9.17, 15) is 14.9 Å². The molecule has 0 fully saturated rings. The number of aryl methyl sites for hydroxylation is 1. The normalized spacial score (nSPS) is 11.7. The smallest absolute Gasteiger partial charge is 0.269 e. The van der Waals surface area contributed by atoms with Crippen LogP contribution in [0.1, 0.15) is 36.9 Å². The van der Waals surface area contributed by atoms with E-state index in [-0.39, 0.29) is 17.6 Å². The van der Waals surface area contributed by atoms with E-state index in [4.69, 9.17) is 5.73 Å². The summed E-state index contributed by atoms with van der Waals surface area (Å²) < 4.78 is 0. The molecule has 2 aromatic rings. The van der Waals surface area contributed by atoms with Gasteiger partial charge in [-0.05, 0) is 30.0 Å². The van der Waals surface area contributed by atoms with Crippen molar-refractivity contribution in [3.8, 4) is 0 Å². The molecule has 1 amide bonds. The van der Waals surface area contributed by atoms with Gasteiger partial charge >= 0.3 is 0 Å². The zero-order valence-electron chi connectivity index (χ0n) is 13.6. The van der Waals surface area contributed by atoms with Crippen LogP contribution in [0.4, 0.5) is 11.4 Å². The van der Waals surface area contributed by atoms with Gasteiger partial charge in [-0.3, -0.25) is 14.9 Å². The summed E-state index contributed by atoms with van der Waals surface area (Å²) in [7, 11) is 0. The lowest BCUT2D eigenvalue weighted by Gasteiger charge is -2.17. The molecule has 0 saturated carbocycles. The Bertz CT molecular complexity index is 731. The van der Waals surface area contributed by atoms with E-state index in [0.717, 1.165) is 11.1 Å². The highest BCUT2D eigenvalue weighted by molar-refractivity contribution is 5.77. The number of hydrogen-bond acceptors (Lipinski definition) is 4. The van der Waals surface area contributed by atoms with Crippen molar-refractivity contribution in [3.63, 3.8) is 0 Å². The van der Waals surface area contributed by atoms with E-state index < -0.39 is 4.92 Å². The highest BCUT2D eigenvalue weighted by Crippen LogP contribution is 2.22. The number of nitrogens with two attached hydrogens (primary N) is 1. The van der Waals surface area contributed by atoms with Gasteiger partial charge in [0.25, 0.3) is 5.69 Å². The Hall–Kier alpha value is -2.89. The second-order valence-corrected chi connectivity index (χ2v) is 5.58. The molecule has 2 aromatic carbocycles. The highest BCUT2D eigenvalue weighted by atomic mass is 16.6. The number of anilines is 1. The second kappa shape index (κ2) is 8.10. The van der Waals surface area contributed by atoms with Gasteiger partial charge in [0, 0.05) is 24.2 Å². The monoisotopic (exact) mass is 327 g/mol. The van der Waals surface area contributed by atoms with E-state index in [1.54, 1.807) is 12.1 Å². The number of rotatable bonds is 7. The molecule has 0 spiro atoms. The van der Waals surface area contributed by atoms with Crippen LogP contribution < -0.4 is 11.1 Å². The van der Waals surface area contributed by atoms with Crippen LogP contribution in [0.2, 0.25) is 0 Å². The molecule has 2 rings (SSSR count). The molecule has 126 valence electrons. The molecule has 0 heterocycles. The van der Waals surface area contributed by atoms with E-state index >= 15 is 0 Å². The van der Waals surface area contributed by atoms with Crippen molar-refractivity contribution in [2.45, 2.75) is 32.2 Å². The first-order chi connectivity index (χ1) is 11.5. The molecule has 0 bridgehead atoms. The summed E-state index contributed by atoms with van der Waals surface area (Å²) in [4.78, 5) is 22.7. The molecule has 24 heavy (non-hydrogen) atoms. The van der Waals surface area contributed by atoms with Crippen LogP contribution in [0.3, 0.4) is 0 Å². The molecule has 1 unspecified atom stereocenters. The van der Waals surface area contributed by atoms with Crippen LogP contribution in [0, 0.1) is 10.1 Å². The zero-order chi connectivity index (χ0) is 17.5. The Morgan fingerprint density at radius 3 is 2.67 bits per heavy atom. The summed E-state index contributed by atoms with van der Waals surface area (Å²) in [6.45, 7) is 1.93. The fourth-order valence-corrected chi connectivity index (χ4v) is 2.55. The van der Waals surface area contributed by atoms with Crippen LogP contribution in [0.5, 0.6) is 0 Å². The number of nitrogens with one attached hydrogen (secondary N) is 1. The van der Waals surface area contributed by atoms with Crippen LogP contribution in [0.15, 0.2) is 48.5 Å². The maximum absolute atomic E-state index is 12.2. The number of para-hydroxylation sites is 1. The van der Waals surface area contributed by atoms with Gasteiger partial charge in [-0.25, -0.2) is 0 Å². The zero-order valence-corrected chi connectivity index (χ0v) is 13.6. The number of nitro benzene ring substituents is 1. The van der Waals surface area contributed by atoms with Gasteiger partial charge in [0.15, 0.2) is 0 Å². The topological polar surface area (TPSA) is 98.3 Å². The maximum atomic E-state index is 12.2. The minimum Gasteiger partial charge on any atom is -0.399 e. The third-order valence-corrected chi connectivity index (χ3v) is 3.90. The van der Waals surface area contributed by atoms with E-state index in [2.05, 4.69) is 5.32 Å². The van der Waals surface area contributed by atoms with Crippen molar-refractivity contribution in [2.75, 3.05) is 5.73 Å². The van der Waals surface area contributed by atoms with Crippen LogP contribution in [0.25, 0.3) is 0 Å². The molecular weight excluding hydrogens is 306 g/mol. The summed E-state index contributed by atoms with van der Waals surface area (Å²) in [6, 6.07) is 13.6. The molecule has 0 radical (unpaired) electrons. The van der Waals surface area contributed by atoms with Gasteiger partial charge in [-0.15, -0.1) is 0 Å². The van der Waals surface area contributed by atoms with Crippen molar-refractivity contribution in [1.29, 1.82) is 0 Å². The number of nitrogens with zero attached hydrogens (tertiary/aromatic N) is 1. The van der Waals surface area contributed by atoms with Gasteiger partial charge in [-0.1, -0.05) is 37.3 Å². The Morgan fingerprint density at radius 1 is 1.25 bits per heavy atom. The Morgan fingerprint density at radius 2 is 2.00 bits per heavy atom. The number of carbonyl (C=O) groups excluding carboxylic acids is 1. The molecule has 0 aliphatic carbocycles. The average molecular weight is 327 g/mol. The molecule has 0 aromatic heterocycles. The van der Waals surface area contributed by atoms with E-state index in [0.29, 0.717) is 24.9 Å². The lowest BCUT2D eigenvalue weighted by Crippen LogP contribution is -2.28. The Kier molecular flexibility index (Phi) is 5.89. The van der Waals surface area contributed by atoms with Crippen molar-refractivity contribution in [1.82, 2.24) is 5.32 Å². The number of hydrogen-bond donors (Lipinski definition) is 2.